The summed E-state index contributed by atoms with van der Waals surface area (Å²) in [6, 6.07) is 16.8. The molecule has 30 heavy (non-hydrogen) atoms. The van der Waals surface area contributed by atoms with Gasteiger partial charge in [-0.15, -0.1) is 0 Å². The number of nitrogens with one attached hydrogen (secondary N) is 2. The van der Waals surface area contributed by atoms with Gasteiger partial charge in [0.05, 0.1) is 31.1 Å². The summed E-state index contributed by atoms with van der Waals surface area (Å²) in [4.78, 5) is 14.0. The van der Waals surface area contributed by atoms with Gasteiger partial charge in [-0.3, -0.25) is 4.79 Å². The van der Waals surface area contributed by atoms with Crippen LogP contribution in [0.5, 0.6) is 0 Å². The number of amides is 1. The summed E-state index contributed by atoms with van der Waals surface area (Å²) in [5, 5.41) is 2.99. The van der Waals surface area contributed by atoms with Crippen LogP contribution in [0.4, 0.5) is 0 Å². The van der Waals surface area contributed by atoms with E-state index in [1.54, 1.807) is 12.1 Å². The maximum atomic E-state index is 13.0. The molecule has 0 unspecified atom stereocenters. The van der Waals surface area contributed by atoms with Crippen molar-refractivity contribution in [3.05, 3.63) is 65.7 Å². The molecule has 1 atom stereocenters. The summed E-state index contributed by atoms with van der Waals surface area (Å²) < 4.78 is 27.5. The van der Waals surface area contributed by atoms with Crippen molar-refractivity contribution in [2.24, 2.45) is 0 Å². The first-order valence-electron chi connectivity index (χ1n) is 10.6. The van der Waals surface area contributed by atoms with Crippen LogP contribution >= 0.6 is 0 Å². The van der Waals surface area contributed by atoms with E-state index in [-0.39, 0.29) is 11.9 Å². The van der Waals surface area contributed by atoms with Crippen LogP contribution in [-0.4, -0.2) is 50.9 Å². The first kappa shape index (κ1) is 22.5. The molecule has 2 aromatic rings. The normalized spacial score (nSPS) is 17.1. The summed E-state index contributed by atoms with van der Waals surface area (Å²) in [6.45, 7) is 8.65. The molecule has 3 rings (SSSR count). The van der Waals surface area contributed by atoms with Gasteiger partial charge in [-0.1, -0.05) is 56.3 Å². The molecule has 0 spiro atoms. The fourth-order valence-electron chi connectivity index (χ4n) is 3.74. The molecule has 162 valence electrons. The fourth-order valence-corrected chi connectivity index (χ4v) is 5.19. The molecule has 7 heteroatoms. The number of sulfonamides is 1. The third-order valence-corrected chi connectivity index (χ3v) is 7.78. The van der Waals surface area contributed by atoms with Gasteiger partial charge in [-0.05, 0) is 36.1 Å². The van der Waals surface area contributed by atoms with Gasteiger partial charge in [0, 0.05) is 6.54 Å². The Bertz CT molecular complexity index is 935. The molecule has 1 amide bonds. The average molecular weight is 431 g/mol. The zero-order chi connectivity index (χ0) is 21.7. The quantitative estimate of drug-likeness (QED) is 0.698. The monoisotopic (exact) mass is 430 g/mol. The van der Waals surface area contributed by atoms with Crippen LogP contribution < -0.4 is 10.2 Å². The first-order valence-corrected chi connectivity index (χ1v) is 12.0. The molecule has 1 aliphatic heterocycles. The molecule has 1 fully saturated rings. The highest BCUT2D eigenvalue weighted by atomic mass is 32.2. The Hall–Kier alpha value is -2.22. The van der Waals surface area contributed by atoms with Crippen LogP contribution in [0.25, 0.3) is 0 Å². The minimum absolute atomic E-state index is 0.00515. The lowest BCUT2D eigenvalue weighted by Crippen LogP contribution is -3.19. The maximum Gasteiger partial charge on any atom is 0.278 e. The predicted molar refractivity (Wildman–Crippen MR) is 118 cm³/mol. The fraction of sp³-hybridized carbons (Fsp3) is 0.435. The lowest BCUT2D eigenvalue weighted by atomic mass is 10.0. The summed E-state index contributed by atoms with van der Waals surface area (Å²) in [5.74, 6) is 0.359. The molecule has 2 N–H and O–H groups in total. The molecule has 1 aliphatic rings. The van der Waals surface area contributed by atoms with E-state index in [0.29, 0.717) is 43.5 Å². The number of quaternary nitrogens is 1. The van der Waals surface area contributed by atoms with Crippen molar-refractivity contribution in [3.63, 3.8) is 0 Å². The minimum atomic E-state index is -3.50. The highest BCUT2D eigenvalue weighted by Gasteiger charge is 2.34. The first-order chi connectivity index (χ1) is 14.3. The van der Waals surface area contributed by atoms with Crippen molar-refractivity contribution in [3.8, 4) is 0 Å². The van der Waals surface area contributed by atoms with Gasteiger partial charge in [0.25, 0.3) is 5.91 Å². The number of hydrogen-bond donors (Lipinski definition) is 2. The van der Waals surface area contributed by atoms with Crippen molar-refractivity contribution >= 4 is 15.9 Å². The molecular formula is C23H32N3O3S+. The lowest BCUT2D eigenvalue weighted by Gasteiger charge is -2.34. The third kappa shape index (κ3) is 5.28. The molecule has 0 bridgehead atoms. The van der Waals surface area contributed by atoms with Gasteiger partial charge in [0.15, 0.2) is 6.04 Å². The Kier molecular flexibility index (Phi) is 7.28. The molecule has 1 heterocycles. The van der Waals surface area contributed by atoms with E-state index < -0.39 is 10.0 Å². The molecule has 6 nitrogen and oxygen atoms in total. The molecule has 1 saturated heterocycles. The van der Waals surface area contributed by atoms with Crippen LogP contribution in [0.15, 0.2) is 59.5 Å². The van der Waals surface area contributed by atoms with Crippen molar-refractivity contribution < 1.29 is 18.1 Å². The smallest absolute Gasteiger partial charge is 0.278 e. The Labute approximate surface area is 179 Å². The van der Waals surface area contributed by atoms with Gasteiger partial charge >= 0.3 is 0 Å². The molecule has 0 radical (unpaired) electrons. The standard InChI is InChI=1S/C23H31N3O3S/c1-18(2)21-9-11-22(12-10-21)30(28,29)26-15-13-25(14-16-26)19(3)23(27)24-17-20-7-5-4-6-8-20/h4-12,18-19H,13-17H2,1-3H3,(H,24,27)/p+1/t19-/m0/s1. The van der Waals surface area contributed by atoms with Gasteiger partial charge in [-0.2, -0.15) is 4.31 Å². The molecule has 0 saturated carbocycles. The summed E-state index contributed by atoms with van der Waals surface area (Å²) in [7, 11) is -3.50. The number of hydrogen-bond acceptors (Lipinski definition) is 3. The van der Waals surface area contributed by atoms with Crippen LogP contribution in [0.2, 0.25) is 0 Å². The second-order valence-electron chi connectivity index (χ2n) is 8.21. The Morgan fingerprint density at radius 1 is 1.00 bits per heavy atom. The zero-order valence-corrected chi connectivity index (χ0v) is 18.8. The van der Waals surface area contributed by atoms with E-state index in [1.165, 1.54) is 4.31 Å². The van der Waals surface area contributed by atoms with Gasteiger partial charge in [-0.25, -0.2) is 8.42 Å². The van der Waals surface area contributed by atoms with E-state index in [1.807, 2.05) is 49.4 Å². The Morgan fingerprint density at radius 3 is 2.17 bits per heavy atom. The molecule has 0 aromatic heterocycles. The van der Waals surface area contributed by atoms with Crippen LogP contribution in [0.3, 0.4) is 0 Å². The SMILES string of the molecule is CC(C)c1ccc(S(=O)(=O)N2CC[NH+]([C@@H](C)C(=O)NCc3ccccc3)CC2)cc1. The highest BCUT2D eigenvalue weighted by molar-refractivity contribution is 7.89. The topological polar surface area (TPSA) is 70.9 Å². The second kappa shape index (κ2) is 9.73. The number of nitrogens with zero attached hydrogens (tertiary/aromatic N) is 1. The van der Waals surface area contributed by atoms with Crippen LogP contribution in [-0.2, 0) is 21.4 Å². The average Bonchev–Trinajstić information content (AvgIpc) is 2.77. The highest BCUT2D eigenvalue weighted by Crippen LogP contribution is 2.20. The van der Waals surface area contributed by atoms with E-state index in [2.05, 4.69) is 19.2 Å². The second-order valence-corrected chi connectivity index (χ2v) is 10.1. The van der Waals surface area contributed by atoms with E-state index in [4.69, 9.17) is 0 Å². The van der Waals surface area contributed by atoms with Gasteiger partial charge < -0.3 is 10.2 Å². The summed E-state index contributed by atoms with van der Waals surface area (Å²) in [6.07, 6.45) is 0. The number of benzene rings is 2. The Morgan fingerprint density at radius 2 is 1.60 bits per heavy atom. The van der Waals surface area contributed by atoms with E-state index in [0.717, 1.165) is 16.0 Å². The molecule has 0 aliphatic carbocycles. The van der Waals surface area contributed by atoms with Crippen molar-refractivity contribution in [1.29, 1.82) is 0 Å². The Balaban J connectivity index is 1.54. The zero-order valence-electron chi connectivity index (χ0n) is 18.0. The summed E-state index contributed by atoms with van der Waals surface area (Å²) >= 11 is 0. The number of carbonyl (C=O) groups excluding carboxylic acids is 1. The summed E-state index contributed by atoms with van der Waals surface area (Å²) in [5.41, 5.74) is 2.19. The van der Waals surface area contributed by atoms with Crippen LogP contribution in [0.1, 0.15) is 37.8 Å². The van der Waals surface area contributed by atoms with E-state index >= 15 is 0 Å². The number of piperazine rings is 1. The van der Waals surface area contributed by atoms with Gasteiger partial charge in [0.1, 0.15) is 0 Å². The lowest BCUT2D eigenvalue weighted by molar-refractivity contribution is -0.917. The third-order valence-electron chi connectivity index (χ3n) is 5.86. The predicted octanol–water partition coefficient (Wildman–Crippen LogP) is 1.40. The van der Waals surface area contributed by atoms with Crippen LogP contribution in [0, 0.1) is 0 Å². The van der Waals surface area contributed by atoms with Crippen molar-refractivity contribution in [1.82, 2.24) is 9.62 Å². The number of carbonyl (C=O) groups is 1. The van der Waals surface area contributed by atoms with E-state index in [9.17, 15) is 13.2 Å². The maximum absolute atomic E-state index is 13.0. The largest absolute Gasteiger partial charge is 0.347 e. The van der Waals surface area contributed by atoms with Crippen molar-refractivity contribution in [2.45, 2.75) is 44.2 Å². The van der Waals surface area contributed by atoms with Gasteiger partial charge in [0.2, 0.25) is 10.0 Å². The minimum Gasteiger partial charge on any atom is -0.347 e. The van der Waals surface area contributed by atoms with Crippen molar-refractivity contribution in [2.75, 3.05) is 26.2 Å². The number of rotatable bonds is 7. The molecular weight excluding hydrogens is 398 g/mol. The molecule has 2 aromatic carbocycles.